The van der Waals surface area contributed by atoms with Crippen molar-refractivity contribution < 1.29 is 9.53 Å². The largest absolute Gasteiger partial charge is 0.381 e. The number of nitrogens with zero attached hydrogens (tertiary/aromatic N) is 1. The van der Waals surface area contributed by atoms with Gasteiger partial charge in [0.2, 0.25) is 5.91 Å². The predicted molar refractivity (Wildman–Crippen MR) is 69.2 cm³/mol. The maximum Gasteiger partial charge on any atom is 0.227 e. The lowest BCUT2D eigenvalue weighted by Gasteiger charge is -2.29. The Bertz CT molecular complexity index is 311. The van der Waals surface area contributed by atoms with Gasteiger partial charge in [0.15, 0.2) is 0 Å². The Hall–Kier alpha value is -0.610. The Morgan fingerprint density at radius 2 is 2.17 bits per heavy atom. The molecule has 4 heteroatoms. The second-order valence-electron chi connectivity index (χ2n) is 6.09. The van der Waals surface area contributed by atoms with E-state index in [1.54, 1.807) is 0 Å². The number of amides is 1. The fourth-order valence-corrected chi connectivity index (χ4v) is 3.22. The van der Waals surface area contributed by atoms with Crippen molar-refractivity contribution in [2.24, 2.45) is 11.8 Å². The number of carbonyl (C=O) groups excluding carboxylic acids is 1. The van der Waals surface area contributed by atoms with Crippen molar-refractivity contribution in [1.29, 1.82) is 0 Å². The van der Waals surface area contributed by atoms with E-state index in [1.165, 1.54) is 12.8 Å². The van der Waals surface area contributed by atoms with Crippen LogP contribution in [0.4, 0.5) is 0 Å². The van der Waals surface area contributed by atoms with Crippen molar-refractivity contribution in [2.75, 3.05) is 26.3 Å². The molecule has 1 amide bonds. The highest BCUT2D eigenvalue weighted by atomic mass is 16.5. The molecule has 3 atom stereocenters. The molecule has 2 heterocycles. The van der Waals surface area contributed by atoms with Crippen LogP contribution in [-0.4, -0.2) is 49.2 Å². The summed E-state index contributed by atoms with van der Waals surface area (Å²) in [6.45, 7) is 5.77. The van der Waals surface area contributed by atoms with E-state index in [1.807, 2.05) is 0 Å². The second-order valence-corrected chi connectivity index (χ2v) is 6.09. The number of carbonyl (C=O) groups is 1. The van der Waals surface area contributed by atoms with E-state index in [0.717, 1.165) is 39.1 Å². The standard InChI is InChI=1S/C14H24N2O2/c1-10-13(4-6-15-10)14(17)16(12-2-3-12)8-11-5-7-18-9-11/h10-13,15H,2-9H2,1H3. The summed E-state index contributed by atoms with van der Waals surface area (Å²) in [5, 5.41) is 3.39. The van der Waals surface area contributed by atoms with Gasteiger partial charge in [-0.1, -0.05) is 0 Å². The summed E-state index contributed by atoms with van der Waals surface area (Å²) in [6.07, 6.45) is 4.53. The van der Waals surface area contributed by atoms with Gasteiger partial charge in [0.1, 0.15) is 0 Å². The summed E-state index contributed by atoms with van der Waals surface area (Å²) in [5.41, 5.74) is 0. The molecule has 0 aromatic rings. The van der Waals surface area contributed by atoms with Crippen LogP contribution in [0.5, 0.6) is 0 Å². The van der Waals surface area contributed by atoms with Crippen molar-refractivity contribution in [1.82, 2.24) is 10.2 Å². The fourth-order valence-electron chi connectivity index (χ4n) is 3.22. The zero-order chi connectivity index (χ0) is 12.5. The molecule has 4 nitrogen and oxygen atoms in total. The number of hydrogen-bond acceptors (Lipinski definition) is 3. The average molecular weight is 252 g/mol. The molecule has 0 aromatic heterocycles. The summed E-state index contributed by atoms with van der Waals surface area (Å²) in [4.78, 5) is 14.8. The smallest absolute Gasteiger partial charge is 0.227 e. The second kappa shape index (κ2) is 5.17. The van der Waals surface area contributed by atoms with Gasteiger partial charge in [-0.3, -0.25) is 4.79 Å². The zero-order valence-electron chi connectivity index (χ0n) is 11.2. The Morgan fingerprint density at radius 1 is 1.33 bits per heavy atom. The minimum Gasteiger partial charge on any atom is -0.381 e. The van der Waals surface area contributed by atoms with E-state index < -0.39 is 0 Å². The van der Waals surface area contributed by atoms with Gasteiger partial charge in [-0.15, -0.1) is 0 Å². The third-order valence-electron chi connectivity index (χ3n) is 4.59. The Labute approximate surface area is 109 Å². The lowest BCUT2D eigenvalue weighted by Crippen LogP contribution is -2.43. The topological polar surface area (TPSA) is 41.6 Å². The third-order valence-corrected chi connectivity index (χ3v) is 4.59. The van der Waals surface area contributed by atoms with E-state index in [0.29, 0.717) is 23.9 Å². The molecule has 1 aliphatic carbocycles. The molecule has 18 heavy (non-hydrogen) atoms. The van der Waals surface area contributed by atoms with Crippen LogP contribution < -0.4 is 5.32 Å². The maximum atomic E-state index is 12.7. The van der Waals surface area contributed by atoms with Gasteiger partial charge in [0.05, 0.1) is 12.5 Å². The van der Waals surface area contributed by atoms with Gasteiger partial charge in [0.25, 0.3) is 0 Å². The van der Waals surface area contributed by atoms with Gasteiger partial charge in [0, 0.05) is 31.2 Å². The first-order valence-electron chi connectivity index (χ1n) is 7.37. The first kappa shape index (κ1) is 12.4. The third kappa shape index (κ3) is 2.54. The summed E-state index contributed by atoms with van der Waals surface area (Å²) in [7, 11) is 0. The highest BCUT2D eigenvalue weighted by Gasteiger charge is 2.40. The lowest BCUT2D eigenvalue weighted by atomic mass is 9.99. The SMILES string of the molecule is CC1NCCC1C(=O)N(CC1CCOC1)C1CC1. The van der Waals surface area contributed by atoms with Crippen LogP contribution in [0.1, 0.15) is 32.6 Å². The number of ether oxygens (including phenoxy) is 1. The average Bonchev–Trinajstić information content (AvgIpc) is 2.89. The predicted octanol–water partition coefficient (Wildman–Crippen LogP) is 1.01. The van der Waals surface area contributed by atoms with E-state index in [-0.39, 0.29) is 5.92 Å². The first-order chi connectivity index (χ1) is 8.75. The van der Waals surface area contributed by atoms with E-state index >= 15 is 0 Å². The quantitative estimate of drug-likeness (QED) is 0.812. The maximum absolute atomic E-state index is 12.7. The van der Waals surface area contributed by atoms with Crippen LogP contribution in [0, 0.1) is 11.8 Å². The number of nitrogens with one attached hydrogen (secondary N) is 1. The zero-order valence-corrected chi connectivity index (χ0v) is 11.2. The molecule has 3 rings (SSSR count). The summed E-state index contributed by atoms with van der Waals surface area (Å²) < 4.78 is 5.43. The van der Waals surface area contributed by atoms with Crippen LogP contribution >= 0.6 is 0 Å². The van der Waals surface area contributed by atoms with Gasteiger partial charge >= 0.3 is 0 Å². The highest BCUT2D eigenvalue weighted by molar-refractivity contribution is 5.80. The Morgan fingerprint density at radius 3 is 2.72 bits per heavy atom. The molecule has 0 bridgehead atoms. The van der Waals surface area contributed by atoms with Crippen molar-refractivity contribution in [2.45, 2.75) is 44.7 Å². The molecular formula is C14H24N2O2. The molecule has 102 valence electrons. The molecule has 0 spiro atoms. The molecule has 2 aliphatic heterocycles. The van der Waals surface area contributed by atoms with E-state index in [2.05, 4.69) is 17.1 Å². The summed E-state index contributed by atoms with van der Waals surface area (Å²) >= 11 is 0. The van der Waals surface area contributed by atoms with Crippen LogP contribution in [0.25, 0.3) is 0 Å². The Kier molecular flexibility index (Phi) is 3.57. The minimum absolute atomic E-state index is 0.202. The molecule has 3 fully saturated rings. The minimum atomic E-state index is 0.202. The number of hydrogen-bond donors (Lipinski definition) is 1. The summed E-state index contributed by atoms with van der Waals surface area (Å²) in [6, 6.07) is 0.879. The van der Waals surface area contributed by atoms with Crippen molar-refractivity contribution >= 4 is 5.91 Å². The van der Waals surface area contributed by atoms with Gasteiger partial charge < -0.3 is 15.0 Å². The molecule has 1 saturated carbocycles. The molecule has 1 N–H and O–H groups in total. The lowest BCUT2D eigenvalue weighted by molar-refractivity contribution is -0.137. The van der Waals surface area contributed by atoms with Crippen LogP contribution in [0.3, 0.4) is 0 Å². The molecule has 0 aromatic carbocycles. The van der Waals surface area contributed by atoms with Crippen molar-refractivity contribution in [3.8, 4) is 0 Å². The molecule has 3 aliphatic rings. The molecule has 0 radical (unpaired) electrons. The highest BCUT2D eigenvalue weighted by Crippen LogP contribution is 2.32. The summed E-state index contributed by atoms with van der Waals surface area (Å²) in [5.74, 6) is 1.16. The Balaban J connectivity index is 1.63. The van der Waals surface area contributed by atoms with Gasteiger partial charge in [-0.25, -0.2) is 0 Å². The molecule has 3 unspecified atom stereocenters. The molecular weight excluding hydrogens is 228 g/mol. The van der Waals surface area contributed by atoms with Crippen LogP contribution in [0.15, 0.2) is 0 Å². The fraction of sp³-hybridized carbons (Fsp3) is 0.929. The van der Waals surface area contributed by atoms with Crippen molar-refractivity contribution in [3.63, 3.8) is 0 Å². The van der Waals surface area contributed by atoms with Crippen LogP contribution in [0.2, 0.25) is 0 Å². The first-order valence-corrected chi connectivity index (χ1v) is 7.37. The van der Waals surface area contributed by atoms with Crippen molar-refractivity contribution in [3.05, 3.63) is 0 Å². The molecule has 2 saturated heterocycles. The van der Waals surface area contributed by atoms with E-state index in [9.17, 15) is 4.79 Å². The normalized spacial score (nSPS) is 35.9. The monoisotopic (exact) mass is 252 g/mol. The van der Waals surface area contributed by atoms with E-state index in [4.69, 9.17) is 4.74 Å². The van der Waals surface area contributed by atoms with Gasteiger partial charge in [-0.2, -0.15) is 0 Å². The van der Waals surface area contributed by atoms with Gasteiger partial charge in [-0.05, 0) is 39.2 Å². The van der Waals surface area contributed by atoms with Crippen LogP contribution in [-0.2, 0) is 9.53 Å². The number of rotatable bonds is 4.